The zero-order valence-electron chi connectivity index (χ0n) is 11.5. The Morgan fingerprint density at radius 1 is 1.00 bits per heavy atom. The van der Waals surface area contributed by atoms with Crippen LogP contribution in [0.2, 0.25) is 0 Å². The van der Waals surface area contributed by atoms with Crippen LogP contribution in [0.3, 0.4) is 0 Å². The summed E-state index contributed by atoms with van der Waals surface area (Å²) in [6.07, 6.45) is 1.09. The summed E-state index contributed by atoms with van der Waals surface area (Å²) in [6.45, 7) is 1.94. The number of carboxylic acids is 1. The van der Waals surface area contributed by atoms with Crippen molar-refractivity contribution in [1.29, 1.82) is 0 Å². The first-order valence-corrected chi connectivity index (χ1v) is 6.44. The number of ketones is 1. The number of aryl methyl sites for hydroxylation is 1. The smallest absolute Gasteiger partial charge is 0.352 e. The van der Waals surface area contributed by atoms with Crippen LogP contribution >= 0.6 is 0 Å². The molecular weight excluding hydrogens is 266 g/mol. The van der Waals surface area contributed by atoms with Crippen molar-refractivity contribution < 1.29 is 14.7 Å². The van der Waals surface area contributed by atoms with Crippen molar-refractivity contribution in [3.05, 3.63) is 77.5 Å². The topological polar surface area (TPSA) is 66.4 Å². The Hall–Kier alpha value is -2.88. The Balaban J connectivity index is 2.22. The van der Waals surface area contributed by atoms with E-state index in [0.717, 1.165) is 11.6 Å². The molecule has 0 saturated carbocycles. The first-order chi connectivity index (χ1) is 10.1. The number of hydrogen-bond donors (Lipinski definition) is 2. The minimum atomic E-state index is -1.18. The molecule has 0 bridgehead atoms. The minimum absolute atomic E-state index is 0.160. The molecule has 0 saturated heterocycles. The van der Waals surface area contributed by atoms with Crippen molar-refractivity contribution in [3.8, 4) is 0 Å². The molecule has 0 atom stereocenters. The van der Waals surface area contributed by atoms with Crippen molar-refractivity contribution >= 4 is 17.4 Å². The van der Waals surface area contributed by atoms with Crippen molar-refractivity contribution in [2.75, 3.05) is 5.32 Å². The predicted molar refractivity (Wildman–Crippen MR) is 81.3 cm³/mol. The van der Waals surface area contributed by atoms with Gasteiger partial charge in [0.2, 0.25) is 0 Å². The summed E-state index contributed by atoms with van der Waals surface area (Å²) >= 11 is 0. The molecular formula is C17H15NO3. The number of benzene rings is 2. The van der Waals surface area contributed by atoms with Crippen molar-refractivity contribution in [2.45, 2.75) is 6.92 Å². The van der Waals surface area contributed by atoms with Crippen LogP contribution in [0.5, 0.6) is 0 Å². The summed E-state index contributed by atoms with van der Waals surface area (Å²) in [4.78, 5) is 23.3. The van der Waals surface area contributed by atoms with E-state index in [1.54, 1.807) is 42.5 Å². The van der Waals surface area contributed by atoms with Crippen molar-refractivity contribution in [1.82, 2.24) is 0 Å². The van der Waals surface area contributed by atoms with E-state index in [2.05, 4.69) is 5.32 Å². The fourth-order valence-electron chi connectivity index (χ4n) is 1.76. The van der Waals surface area contributed by atoms with Crippen molar-refractivity contribution in [3.63, 3.8) is 0 Å². The number of hydrogen-bond acceptors (Lipinski definition) is 3. The number of carboxylic acid groups (broad SMARTS) is 1. The van der Waals surface area contributed by atoms with E-state index in [-0.39, 0.29) is 11.5 Å². The maximum Gasteiger partial charge on any atom is 0.352 e. The Morgan fingerprint density at radius 2 is 1.62 bits per heavy atom. The fourth-order valence-corrected chi connectivity index (χ4v) is 1.76. The van der Waals surface area contributed by atoms with E-state index in [9.17, 15) is 14.7 Å². The fraction of sp³-hybridized carbons (Fsp3) is 0.0588. The normalized spacial score (nSPS) is 11.0. The minimum Gasteiger partial charge on any atom is -0.477 e. The summed E-state index contributed by atoms with van der Waals surface area (Å²) in [5.74, 6) is -1.53. The Bertz CT molecular complexity index is 673. The average Bonchev–Trinajstić information content (AvgIpc) is 2.49. The van der Waals surface area contributed by atoms with Gasteiger partial charge in [0, 0.05) is 17.3 Å². The molecule has 106 valence electrons. The molecule has 0 aliphatic carbocycles. The van der Waals surface area contributed by atoms with Crippen LogP contribution in [0.15, 0.2) is 66.4 Å². The van der Waals surface area contributed by atoms with Gasteiger partial charge < -0.3 is 10.4 Å². The summed E-state index contributed by atoms with van der Waals surface area (Å²) in [5, 5.41) is 11.9. The highest BCUT2D eigenvalue weighted by Gasteiger charge is 2.11. The molecule has 4 heteroatoms. The van der Waals surface area contributed by atoms with Gasteiger partial charge in [-0.1, -0.05) is 48.0 Å². The molecule has 4 nitrogen and oxygen atoms in total. The maximum absolute atomic E-state index is 12.0. The number of nitrogens with one attached hydrogen (secondary N) is 1. The molecule has 0 aliphatic heterocycles. The van der Waals surface area contributed by atoms with Gasteiger partial charge in [-0.25, -0.2) is 4.79 Å². The lowest BCUT2D eigenvalue weighted by Gasteiger charge is -2.07. The molecule has 21 heavy (non-hydrogen) atoms. The van der Waals surface area contributed by atoms with Gasteiger partial charge in [-0.3, -0.25) is 4.79 Å². The number of anilines is 1. The van der Waals surface area contributed by atoms with E-state index in [1.165, 1.54) is 0 Å². The highest BCUT2D eigenvalue weighted by molar-refractivity contribution is 6.09. The Kier molecular flexibility index (Phi) is 4.51. The molecule has 2 N–H and O–H groups in total. The summed E-state index contributed by atoms with van der Waals surface area (Å²) < 4.78 is 0. The largest absolute Gasteiger partial charge is 0.477 e. The SMILES string of the molecule is Cc1ccc(N/C(=C/C(=O)c2ccccc2)C(=O)O)cc1. The lowest BCUT2D eigenvalue weighted by atomic mass is 10.1. The van der Waals surface area contributed by atoms with Crippen LogP contribution in [-0.2, 0) is 4.79 Å². The average molecular weight is 281 g/mol. The number of allylic oxidation sites excluding steroid dienone is 1. The first-order valence-electron chi connectivity index (χ1n) is 6.44. The standard InChI is InChI=1S/C17H15NO3/c1-12-7-9-14(10-8-12)18-15(17(20)21)11-16(19)13-5-3-2-4-6-13/h2-11,18H,1H3,(H,20,21)/b15-11+. The van der Waals surface area contributed by atoms with E-state index < -0.39 is 5.97 Å². The quantitative estimate of drug-likeness (QED) is 0.652. The van der Waals surface area contributed by atoms with Gasteiger partial charge in [-0.15, -0.1) is 0 Å². The second-order valence-corrected chi connectivity index (χ2v) is 4.58. The second-order valence-electron chi connectivity index (χ2n) is 4.58. The van der Waals surface area contributed by atoms with Gasteiger partial charge in [0.05, 0.1) is 0 Å². The third-order valence-electron chi connectivity index (χ3n) is 2.89. The second kappa shape index (κ2) is 6.52. The lowest BCUT2D eigenvalue weighted by Crippen LogP contribution is -2.12. The zero-order valence-corrected chi connectivity index (χ0v) is 11.5. The first kappa shape index (κ1) is 14.5. The van der Waals surface area contributed by atoms with Gasteiger partial charge in [0.15, 0.2) is 5.78 Å². The molecule has 2 aromatic carbocycles. The number of carbonyl (C=O) groups is 2. The molecule has 0 heterocycles. The monoisotopic (exact) mass is 281 g/mol. The molecule has 0 radical (unpaired) electrons. The van der Waals surface area contributed by atoms with Gasteiger partial charge in [0.1, 0.15) is 5.70 Å². The molecule has 0 fully saturated rings. The number of rotatable bonds is 5. The van der Waals surface area contributed by atoms with E-state index in [1.807, 2.05) is 19.1 Å². The highest BCUT2D eigenvalue weighted by atomic mass is 16.4. The molecule has 0 unspecified atom stereocenters. The van der Waals surface area contributed by atoms with Gasteiger partial charge in [-0.05, 0) is 19.1 Å². The van der Waals surface area contributed by atoms with Crippen LogP contribution in [0.1, 0.15) is 15.9 Å². The van der Waals surface area contributed by atoms with Crippen LogP contribution in [0, 0.1) is 6.92 Å². The zero-order chi connectivity index (χ0) is 15.2. The van der Waals surface area contributed by atoms with Crippen LogP contribution < -0.4 is 5.32 Å². The van der Waals surface area contributed by atoms with Gasteiger partial charge in [0.25, 0.3) is 0 Å². The maximum atomic E-state index is 12.0. The van der Waals surface area contributed by atoms with E-state index >= 15 is 0 Å². The molecule has 2 rings (SSSR count). The molecule has 2 aromatic rings. The summed E-state index contributed by atoms with van der Waals surface area (Å²) in [6, 6.07) is 15.8. The Morgan fingerprint density at radius 3 is 2.19 bits per heavy atom. The Labute approximate surface area is 122 Å². The summed E-state index contributed by atoms with van der Waals surface area (Å²) in [5.41, 5.74) is 1.98. The summed E-state index contributed by atoms with van der Waals surface area (Å²) in [7, 11) is 0. The van der Waals surface area contributed by atoms with Crippen molar-refractivity contribution in [2.24, 2.45) is 0 Å². The lowest BCUT2D eigenvalue weighted by molar-refractivity contribution is -0.132. The molecule has 0 aromatic heterocycles. The van der Waals surface area contributed by atoms with Gasteiger partial charge >= 0.3 is 5.97 Å². The number of aliphatic carboxylic acids is 1. The third kappa shape index (κ3) is 4.04. The molecule has 0 amide bonds. The molecule has 0 aliphatic rings. The number of carbonyl (C=O) groups excluding carboxylic acids is 1. The van der Waals surface area contributed by atoms with Crippen LogP contribution in [-0.4, -0.2) is 16.9 Å². The van der Waals surface area contributed by atoms with E-state index in [4.69, 9.17) is 0 Å². The highest BCUT2D eigenvalue weighted by Crippen LogP contribution is 2.12. The van der Waals surface area contributed by atoms with E-state index in [0.29, 0.717) is 11.3 Å². The van der Waals surface area contributed by atoms with Crippen LogP contribution in [0.4, 0.5) is 5.69 Å². The predicted octanol–water partition coefficient (Wildman–Crippen LogP) is 3.26. The van der Waals surface area contributed by atoms with Crippen LogP contribution in [0.25, 0.3) is 0 Å². The van der Waals surface area contributed by atoms with Gasteiger partial charge in [-0.2, -0.15) is 0 Å². The molecule has 0 spiro atoms. The third-order valence-corrected chi connectivity index (χ3v) is 2.89.